The SMILES string of the molecule is COC(=O)c1c(N=Nc2c(O)ccc3ccccc23)n[nH]c1OCCO. The molecule has 0 fully saturated rings. The molecule has 0 aliphatic rings. The zero-order chi connectivity index (χ0) is 18.5. The van der Waals surface area contributed by atoms with E-state index in [1.54, 1.807) is 12.1 Å². The molecule has 134 valence electrons. The molecular weight excluding hydrogens is 340 g/mol. The Labute approximate surface area is 147 Å². The van der Waals surface area contributed by atoms with E-state index in [2.05, 4.69) is 20.4 Å². The number of aliphatic hydroxyl groups is 1. The summed E-state index contributed by atoms with van der Waals surface area (Å²) in [6, 6.07) is 10.6. The van der Waals surface area contributed by atoms with E-state index in [9.17, 15) is 9.90 Å². The molecule has 3 rings (SSSR count). The number of nitrogens with one attached hydrogen (secondary N) is 1. The average molecular weight is 356 g/mol. The van der Waals surface area contributed by atoms with Crippen LogP contribution in [0.1, 0.15) is 10.4 Å². The monoisotopic (exact) mass is 356 g/mol. The van der Waals surface area contributed by atoms with Gasteiger partial charge in [-0.2, -0.15) is 0 Å². The number of aromatic amines is 1. The Bertz CT molecular complexity index is 967. The van der Waals surface area contributed by atoms with E-state index in [-0.39, 0.29) is 41.9 Å². The molecule has 9 heteroatoms. The molecule has 0 aliphatic heterocycles. The van der Waals surface area contributed by atoms with Gasteiger partial charge in [0, 0.05) is 5.39 Å². The zero-order valence-corrected chi connectivity index (χ0v) is 13.8. The summed E-state index contributed by atoms with van der Waals surface area (Å²) in [7, 11) is 1.21. The van der Waals surface area contributed by atoms with Gasteiger partial charge in [-0.05, 0) is 11.5 Å². The average Bonchev–Trinajstić information content (AvgIpc) is 3.07. The number of aromatic nitrogens is 2. The van der Waals surface area contributed by atoms with Gasteiger partial charge in [0.05, 0.1) is 13.7 Å². The molecule has 3 N–H and O–H groups in total. The predicted octanol–water partition coefficient (Wildman–Crippen LogP) is 2.84. The number of methoxy groups -OCH3 is 1. The number of H-pyrrole nitrogens is 1. The molecule has 0 unspecified atom stereocenters. The van der Waals surface area contributed by atoms with Crippen molar-refractivity contribution in [1.29, 1.82) is 0 Å². The third kappa shape index (κ3) is 3.33. The van der Waals surface area contributed by atoms with E-state index in [0.29, 0.717) is 5.39 Å². The summed E-state index contributed by atoms with van der Waals surface area (Å²) in [6.45, 7) is -0.271. The van der Waals surface area contributed by atoms with Crippen LogP contribution < -0.4 is 4.74 Å². The van der Waals surface area contributed by atoms with Crippen molar-refractivity contribution in [3.8, 4) is 11.6 Å². The van der Waals surface area contributed by atoms with E-state index in [4.69, 9.17) is 14.6 Å². The number of rotatable bonds is 6. The number of hydrogen-bond acceptors (Lipinski definition) is 8. The molecule has 0 radical (unpaired) electrons. The maximum Gasteiger partial charge on any atom is 0.347 e. The normalized spacial score (nSPS) is 11.2. The maximum atomic E-state index is 12.0. The molecule has 0 bridgehead atoms. The van der Waals surface area contributed by atoms with Gasteiger partial charge in [-0.15, -0.1) is 15.3 Å². The lowest BCUT2D eigenvalue weighted by atomic mass is 10.1. The van der Waals surface area contributed by atoms with Crippen LogP contribution in [0.2, 0.25) is 0 Å². The van der Waals surface area contributed by atoms with Crippen molar-refractivity contribution < 1.29 is 24.5 Å². The molecule has 1 aromatic heterocycles. The van der Waals surface area contributed by atoms with E-state index in [1.165, 1.54) is 13.2 Å². The maximum absolute atomic E-state index is 12.0. The van der Waals surface area contributed by atoms with Crippen LogP contribution in [0.5, 0.6) is 11.6 Å². The van der Waals surface area contributed by atoms with Crippen molar-refractivity contribution in [3.63, 3.8) is 0 Å². The Morgan fingerprint density at radius 3 is 2.81 bits per heavy atom. The number of benzene rings is 2. The number of carbonyl (C=O) groups excluding carboxylic acids is 1. The summed E-state index contributed by atoms with van der Waals surface area (Å²) in [6.07, 6.45) is 0. The van der Waals surface area contributed by atoms with Crippen LogP contribution in [0.3, 0.4) is 0 Å². The lowest BCUT2D eigenvalue weighted by Crippen LogP contribution is -2.07. The number of phenols is 1. The van der Waals surface area contributed by atoms with E-state index < -0.39 is 5.97 Å². The highest BCUT2D eigenvalue weighted by Crippen LogP contribution is 2.36. The van der Waals surface area contributed by atoms with Gasteiger partial charge in [-0.1, -0.05) is 30.3 Å². The van der Waals surface area contributed by atoms with Crippen LogP contribution in [0.25, 0.3) is 10.8 Å². The molecule has 0 saturated heterocycles. The lowest BCUT2D eigenvalue weighted by Gasteiger charge is -2.04. The number of carbonyl (C=O) groups is 1. The molecule has 0 atom stereocenters. The van der Waals surface area contributed by atoms with Gasteiger partial charge in [0.2, 0.25) is 11.7 Å². The topological polar surface area (TPSA) is 129 Å². The molecule has 2 aromatic carbocycles. The lowest BCUT2D eigenvalue weighted by molar-refractivity contribution is 0.0595. The molecule has 0 aliphatic carbocycles. The number of aromatic hydroxyl groups is 1. The second-order valence-electron chi connectivity index (χ2n) is 5.17. The first-order valence-corrected chi connectivity index (χ1v) is 7.68. The van der Waals surface area contributed by atoms with Crippen LogP contribution in [0.15, 0.2) is 46.6 Å². The van der Waals surface area contributed by atoms with Gasteiger partial charge in [-0.3, -0.25) is 0 Å². The quantitative estimate of drug-likeness (QED) is 0.460. The van der Waals surface area contributed by atoms with Gasteiger partial charge >= 0.3 is 5.97 Å². The molecule has 3 aromatic rings. The fraction of sp³-hybridized carbons (Fsp3) is 0.176. The zero-order valence-electron chi connectivity index (χ0n) is 13.8. The summed E-state index contributed by atoms with van der Waals surface area (Å²) in [5.74, 6) is -0.818. The van der Waals surface area contributed by atoms with E-state index in [1.807, 2.05) is 18.2 Å². The second-order valence-corrected chi connectivity index (χ2v) is 5.17. The van der Waals surface area contributed by atoms with Crippen molar-refractivity contribution >= 4 is 28.2 Å². The summed E-state index contributed by atoms with van der Waals surface area (Å²) < 4.78 is 9.93. The van der Waals surface area contributed by atoms with Gasteiger partial charge in [-0.25, -0.2) is 9.89 Å². The molecular formula is C17H16N4O5. The Morgan fingerprint density at radius 2 is 2.04 bits per heavy atom. The van der Waals surface area contributed by atoms with Crippen molar-refractivity contribution in [1.82, 2.24) is 10.2 Å². The van der Waals surface area contributed by atoms with Crippen molar-refractivity contribution in [3.05, 3.63) is 42.0 Å². The molecule has 0 saturated carbocycles. The van der Waals surface area contributed by atoms with Crippen molar-refractivity contribution in [2.24, 2.45) is 10.2 Å². The summed E-state index contributed by atoms with van der Waals surface area (Å²) in [5, 5.41) is 35.0. The Morgan fingerprint density at radius 1 is 1.23 bits per heavy atom. The first-order valence-electron chi connectivity index (χ1n) is 7.68. The number of fused-ring (bicyclic) bond motifs is 1. The highest BCUT2D eigenvalue weighted by molar-refractivity contribution is 5.97. The van der Waals surface area contributed by atoms with Crippen LogP contribution >= 0.6 is 0 Å². The van der Waals surface area contributed by atoms with Crippen LogP contribution in [-0.2, 0) is 4.74 Å². The van der Waals surface area contributed by atoms with Crippen LogP contribution in [0.4, 0.5) is 11.5 Å². The first kappa shape index (κ1) is 17.4. The fourth-order valence-corrected chi connectivity index (χ4v) is 2.37. The minimum Gasteiger partial charge on any atom is -0.506 e. The molecule has 9 nitrogen and oxygen atoms in total. The number of nitrogens with zero attached hydrogens (tertiary/aromatic N) is 3. The van der Waals surface area contributed by atoms with Crippen LogP contribution in [0, 0.1) is 0 Å². The minimum atomic E-state index is -0.720. The predicted molar refractivity (Wildman–Crippen MR) is 92.3 cm³/mol. The summed E-state index contributed by atoms with van der Waals surface area (Å²) in [4.78, 5) is 12.0. The second kappa shape index (κ2) is 7.62. The number of hydrogen-bond donors (Lipinski definition) is 3. The summed E-state index contributed by atoms with van der Waals surface area (Å²) in [5.41, 5.74) is 0.198. The standard InChI is InChI=1S/C17H16N4O5/c1-25-17(24)13-15(20-21-16(13)26-9-8-22)19-18-14-11-5-3-2-4-10(11)6-7-12(14)23/h2-7,22-23H,8-9H2,1H3,(H,20,21). The Hall–Kier alpha value is -3.46. The molecule has 1 heterocycles. The van der Waals surface area contributed by atoms with Gasteiger partial charge in [0.15, 0.2) is 5.56 Å². The van der Waals surface area contributed by atoms with Gasteiger partial charge in [0.25, 0.3) is 0 Å². The Kier molecular flexibility index (Phi) is 5.09. The van der Waals surface area contributed by atoms with E-state index >= 15 is 0 Å². The number of esters is 1. The largest absolute Gasteiger partial charge is 0.506 e. The number of phenolic OH excluding ortho intramolecular Hbond substituents is 1. The fourth-order valence-electron chi connectivity index (χ4n) is 2.37. The Balaban J connectivity index is 2.03. The highest BCUT2D eigenvalue weighted by Gasteiger charge is 2.23. The molecule has 0 spiro atoms. The highest BCUT2D eigenvalue weighted by atomic mass is 16.5. The number of azo groups is 1. The minimum absolute atomic E-state index is 0.0157. The first-order chi connectivity index (χ1) is 12.7. The third-order valence-electron chi connectivity index (χ3n) is 3.57. The van der Waals surface area contributed by atoms with Gasteiger partial charge < -0.3 is 19.7 Å². The third-order valence-corrected chi connectivity index (χ3v) is 3.57. The van der Waals surface area contributed by atoms with Crippen molar-refractivity contribution in [2.45, 2.75) is 0 Å². The molecule has 0 amide bonds. The smallest absolute Gasteiger partial charge is 0.347 e. The van der Waals surface area contributed by atoms with Crippen molar-refractivity contribution in [2.75, 3.05) is 20.3 Å². The summed E-state index contributed by atoms with van der Waals surface area (Å²) >= 11 is 0. The number of aliphatic hydroxyl groups excluding tert-OH is 1. The van der Waals surface area contributed by atoms with Crippen LogP contribution in [-0.4, -0.2) is 46.7 Å². The number of ether oxygens (including phenoxy) is 2. The molecule has 26 heavy (non-hydrogen) atoms. The van der Waals surface area contributed by atoms with Gasteiger partial charge in [0.1, 0.15) is 18.0 Å². The van der Waals surface area contributed by atoms with E-state index in [0.717, 1.165) is 5.39 Å².